The van der Waals surface area contributed by atoms with E-state index in [4.69, 9.17) is 17.3 Å². The van der Waals surface area contributed by atoms with Crippen LogP contribution < -0.4 is 5.73 Å². The van der Waals surface area contributed by atoms with Crippen LogP contribution in [-0.2, 0) is 0 Å². The molecule has 4 nitrogen and oxygen atoms in total. The fraction of sp³-hybridized carbons (Fsp3) is 0.333. The molecule has 2 N–H and O–H groups in total. The van der Waals surface area contributed by atoms with Gasteiger partial charge in [-0.3, -0.25) is 0 Å². The molecule has 1 aromatic rings. The molecule has 1 atom stereocenters. The predicted octanol–water partition coefficient (Wildman–Crippen LogP) is 2.72. The van der Waals surface area contributed by atoms with Crippen LogP contribution in [0.3, 0.4) is 0 Å². The van der Waals surface area contributed by atoms with Crippen LogP contribution in [0.4, 0.5) is 9.18 Å². The Morgan fingerprint density at radius 3 is 2.78 bits per heavy atom. The molecule has 0 aromatic heterocycles. The number of aliphatic imine (C=N–C) groups is 1. The van der Waals surface area contributed by atoms with E-state index in [1.165, 1.54) is 11.0 Å². The first-order valence-corrected chi connectivity index (χ1v) is 5.91. The first kappa shape index (κ1) is 12.8. The minimum Gasteiger partial charge on any atom is -0.385 e. The van der Waals surface area contributed by atoms with E-state index in [0.717, 1.165) is 0 Å². The summed E-state index contributed by atoms with van der Waals surface area (Å²) >= 11 is 5.74. The molecule has 0 bridgehead atoms. The molecule has 1 aliphatic heterocycles. The summed E-state index contributed by atoms with van der Waals surface area (Å²) in [5, 5.41) is 0.00311. The van der Waals surface area contributed by atoms with Gasteiger partial charge in [0, 0.05) is 11.6 Å². The van der Waals surface area contributed by atoms with Crippen molar-refractivity contribution in [1.29, 1.82) is 0 Å². The third-order valence-electron chi connectivity index (χ3n) is 2.84. The third kappa shape index (κ3) is 1.95. The molecule has 0 saturated carbocycles. The van der Waals surface area contributed by atoms with Gasteiger partial charge in [-0.2, -0.15) is 4.99 Å². The molecule has 18 heavy (non-hydrogen) atoms. The maximum atomic E-state index is 14.0. The zero-order chi connectivity index (χ0) is 13.4. The number of hydrogen-bond acceptors (Lipinski definition) is 2. The maximum Gasteiger partial charge on any atom is 0.346 e. The number of rotatable bonds is 2. The number of amides is 2. The van der Waals surface area contributed by atoms with Gasteiger partial charge in [0.15, 0.2) is 0 Å². The molecular weight excluding hydrogens is 257 g/mol. The highest BCUT2D eigenvalue weighted by molar-refractivity contribution is 6.30. The van der Waals surface area contributed by atoms with Crippen LogP contribution in [0.25, 0.3) is 0 Å². The van der Waals surface area contributed by atoms with E-state index in [-0.39, 0.29) is 22.5 Å². The molecule has 0 fully saturated rings. The topological polar surface area (TPSA) is 58.7 Å². The quantitative estimate of drug-likeness (QED) is 0.897. The van der Waals surface area contributed by atoms with Gasteiger partial charge in [-0.05, 0) is 19.9 Å². The van der Waals surface area contributed by atoms with Crippen LogP contribution >= 0.6 is 11.6 Å². The average Bonchev–Trinajstić information content (AvgIpc) is 2.57. The average molecular weight is 270 g/mol. The number of amidine groups is 1. The summed E-state index contributed by atoms with van der Waals surface area (Å²) in [6.07, 6.45) is 0. The normalized spacial score (nSPS) is 19.6. The minimum absolute atomic E-state index is 0.00311. The fourth-order valence-electron chi connectivity index (χ4n) is 2.04. The molecule has 1 unspecified atom stereocenters. The van der Waals surface area contributed by atoms with Crippen molar-refractivity contribution in [1.82, 2.24) is 4.90 Å². The monoisotopic (exact) mass is 269 g/mol. The van der Waals surface area contributed by atoms with Crippen LogP contribution in [0, 0.1) is 5.82 Å². The number of nitrogens with two attached hydrogens (primary N) is 1. The van der Waals surface area contributed by atoms with E-state index in [1.807, 2.05) is 13.8 Å². The number of nitrogens with zero attached hydrogens (tertiary/aromatic N) is 2. The Morgan fingerprint density at radius 2 is 2.17 bits per heavy atom. The Hall–Kier alpha value is -1.62. The Balaban J connectivity index is 2.51. The lowest BCUT2D eigenvalue weighted by molar-refractivity contribution is 0.189. The number of urea groups is 1. The molecule has 1 heterocycles. The van der Waals surface area contributed by atoms with Crippen molar-refractivity contribution < 1.29 is 9.18 Å². The standard InChI is InChI=1S/C12H13ClFN3O/c1-6(2)17-10(11(15)16-12(17)18)7-4-3-5-8(13)9(7)14/h3-6,10H,1-2H3,(H2,15,16,18). The van der Waals surface area contributed by atoms with Crippen molar-refractivity contribution in [3.05, 3.63) is 34.6 Å². The van der Waals surface area contributed by atoms with Gasteiger partial charge in [0.25, 0.3) is 0 Å². The van der Waals surface area contributed by atoms with Crippen molar-refractivity contribution in [3.8, 4) is 0 Å². The molecule has 0 aliphatic carbocycles. The van der Waals surface area contributed by atoms with Crippen molar-refractivity contribution in [3.63, 3.8) is 0 Å². The first-order chi connectivity index (χ1) is 8.43. The summed E-state index contributed by atoms with van der Waals surface area (Å²) in [4.78, 5) is 16.8. The second-order valence-corrected chi connectivity index (χ2v) is 4.77. The van der Waals surface area contributed by atoms with Crippen LogP contribution in [0.1, 0.15) is 25.5 Å². The van der Waals surface area contributed by atoms with Gasteiger partial charge in [-0.15, -0.1) is 0 Å². The lowest BCUT2D eigenvalue weighted by Crippen LogP contribution is -2.38. The highest BCUT2D eigenvalue weighted by Crippen LogP contribution is 2.32. The van der Waals surface area contributed by atoms with Gasteiger partial charge >= 0.3 is 6.03 Å². The van der Waals surface area contributed by atoms with E-state index in [2.05, 4.69) is 4.99 Å². The first-order valence-electron chi connectivity index (χ1n) is 5.53. The summed E-state index contributed by atoms with van der Waals surface area (Å²) in [7, 11) is 0. The van der Waals surface area contributed by atoms with E-state index in [1.54, 1.807) is 12.1 Å². The minimum atomic E-state index is -0.684. The summed E-state index contributed by atoms with van der Waals surface area (Å²) in [6.45, 7) is 3.64. The molecule has 2 amide bonds. The smallest absolute Gasteiger partial charge is 0.346 e. The van der Waals surface area contributed by atoms with E-state index in [0.29, 0.717) is 0 Å². The van der Waals surface area contributed by atoms with Gasteiger partial charge < -0.3 is 10.6 Å². The van der Waals surface area contributed by atoms with Crippen LogP contribution in [0.5, 0.6) is 0 Å². The highest BCUT2D eigenvalue weighted by Gasteiger charge is 2.37. The Kier molecular flexibility index (Phi) is 3.26. The van der Waals surface area contributed by atoms with Crippen LogP contribution in [0.2, 0.25) is 5.02 Å². The van der Waals surface area contributed by atoms with Crippen molar-refractivity contribution in [2.24, 2.45) is 10.7 Å². The van der Waals surface area contributed by atoms with Crippen LogP contribution in [0.15, 0.2) is 23.2 Å². The van der Waals surface area contributed by atoms with Gasteiger partial charge in [-0.1, -0.05) is 23.7 Å². The molecule has 96 valence electrons. The number of benzene rings is 1. The lowest BCUT2D eigenvalue weighted by atomic mass is 10.0. The Bertz CT molecular complexity index is 530. The van der Waals surface area contributed by atoms with Gasteiger partial charge in [0.1, 0.15) is 17.7 Å². The maximum absolute atomic E-state index is 14.0. The Labute approximate surface area is 109 Å². The van der Waals surface area contributed by atoms with E-state index in [9.17, 15) is 9.18 Å². The van der Waals surface area contributed by atoms with E-state index < -0.39 is 17.9 Å². The number of carbonyl (C=O) groups excluding carboxylic acids is 1. The molecular formula is C12H13ClFN3O. The molecule has 1 aliphatic rings. The largest absolute Gasteiger partial charge is 0.385 e. The summed E-state index contributed by atoms with van der Waals surface area (Å²) in [6, 6.07) is 3.36. The van der Waals surface area contributed by atoms with Gasteiger partial charge in [0.2, 0.25) is 0 Å². The number of halogens is 2. The second kappa shape index (κ2) is 4.57. The highest BCUT2D eigenvalue weighted by atomic mass is 35.5. The summed E-state index contributed by atoms with van der Waals surface area (Å²) in [5.74, 6) is -0.475. The summed E-state index contributed by atoms with van der Waals surface area (Å²) in [5.41, 5.74) is 5.99. The lowest BCUT2D eigenvalue weighted by Gasteiger charge is -2.28. The van der Waals surface area contributed by atoms with Gasteiger partial charge in [0.05, 0.1) is 5.02 Å². The Morgan fingerprint density at radius 1 is 1.50 bits per heavy atom. The molecule has 6 heteroatoms. The molecule has 0 spiro atoms. The molecule has 0 radical (unpaired) electrons. The van der Waals surface area contributed by atoms with Crippen LogP contribution in [-0.4, -0.2) is 22.8 Å². The molecule has 1 aromatic carbocycles. The second-order valence-electron chi connectivity index (χ2n) is 4.37. The fourth-order valence-corrected chi connectivity index (χ4v) is 2.22. The SMILES string of the molecule is CC(C)N1C(=O)N=C(N)C1c1cccc(Cl)c1F. The summed E-state index contributed by atoms with van der Waals surface area (Å²) < 4.78 is 14.0. The predicted molar refractivity (Wildman–Crippen MR) is 68.1 cm³/mol. The van der Waals surface area contributed by atoms with Crippen molar-refractivity contribution >= 4 is 23.5 Å². The van der Waals surface area contributed by atoms with Crippen molar-refractivity contribution in [2.45, 2.75) is 25.9 Å². The zero-order valence-electron chi connectivity index (χ0n) is 10.0. The molecule has 2 rings (SSSR count). The zero-order valence-corrected chi connectivity index (χ0v) is 10.8. The number of carbonyl (C=O) groups is 1. The van der Waals surface area contributed by atoms with Gasteiger partial charge in [-0.25, -0.2) is 9.18 Å². The molecule has 0 saturated heterocycles. The third-order valence-corrected chi connectivity index (χ3v) is 3.13. The number of hydrogen-bond donors (Lipinski definition) is 1. The van der Waals surface area contributed by atoms with E-state index >= 15 is 0 Å². The van der Waals surface area contributed by atoms with Crippen molar-refractivity contribution in [2.75, 3.05) is 0 Å².